The summed E-state index contributed by atoms with van der Waals surface area (Å²) in [4.78, 5) is 13.2. The number of hydrogen-bond acceptors (Lipinski definition) is 3. The molecule has 17 heavy (non-hydrogen) atoms. The quantitative estimate of drug-likeness (QED) is 0.864. The van der Waals surface area contributed by atoms with Crippen molar-refractivity contribution in [1.29, 1.82) is 0 Å². The molecule has 1 saturated heterocycles. The van der Waals surface area contributed by atoms with Crippen LogP contribution in [0.4, 0.5) is 0 Å². The third-order valence-corrected chi connectivity index (χ3v) is 3.06. The van der Waals surface area contributed by atoms with Gasteiger partial charge in [0.15, 0.2) is 0 Å². The number of morpholine rings is 1. The van der Waals surface area contributed by atoms with E-state index in [2.05, 4.69) is 11.8 Å². The molecule has 1 N–H and O–H groups in total. The van der Waals surface area contributed by atoms with Gasteiger partial charge in [0.05, 0.1) is 18.8 Å². The zero-order valence-electron chi connectivity index (χ0n) is 9.93. The van der Waals surface area contributed by atoms with E-state index >= 15 is 0 Å². The average Bonchev–Trinajstić information content (AvgIpc) is 2.32. The van der Waals surface area contributed by atoms with Gasteiger partial charge in [-0.2, -0.15) is 0 Å². The van der Waals surface area contributed by atoms with E-state index in [1.807, 2.05) is 6.07 Å². The number of aromatic carboxylic acids is 1. The molecule has 0 aliphatic carbocycles. The van der Waals surface area contributed by atoms with Crippen LogP contribution in [0, 0.1) is 0 Å². The normalized spacial score (nSPS) is 21.4. The minimum Gasteiger partial charge on any atom is -0.478 e. The van der Waals surface area contributed by atoms with Crippen LogP contribution in [-0.2, 0) is 11.3 Å². The first kappa shape index (κ1) is 12.1. The lowest BCUT2D eigenvalue weighted by atomic mass is 10.1. The number of ether oxygens (including phenoxy) is 1. The summed E-state index contributed by atoms with van der Waals surface area (Å²) in [5.74, 6) is -0.873. The maximum atomic E-state index is 10.9. The predicted octanol–water partition coefficient (Wildman–Crippen LogP) is 1.61. The molecule has 1 aliphatic rings. The summed E-state index contributed by atoms with van der Waals surface area (Å²) in [6.45, 7) is 5.31. The highest BCUT2D eigenvalue weighted by molar-refractivity contribution is 5.87. The minimum atomic E-state index is -0.873. The van der Waals surface area contributed by atoms with E-state index in [1.165, 1.54) is 0 Å². The molecule has 0 amide bonds. The highest BCUT2D eigenvalue weighted by Gasteiger charge is 2.18. The first-order valence-corrected chi connectivity index (χ1v) is 5.81. The first-order valence-electron chi connectivity index (χ1n) is 5.81. The Bertz CT molecular complexity index is 405. The van der Waals surface area contributed by atoms with Gasteiger partial charge in [0.25, 0.3) is 0 Å². The van der Waals surface area contributed by atoms with Gasteiger partial charge >= 0.3 is 5.97 Å². The Morgan fingerprint density at radius 1 is 1.59 bits per heavy atom. The number of hydrogen-bond donors (Lipinski definition) is 1. The Labute approximate surface area is 101 Å². The van der Waals surface area contributed by atoms with Crippen LogP contribution in [0.15, 0.2) is 24.3 Å². The van der Waals surface area contributed by atoms with Crippen molar-refractivity contribution in [2.45, 2.75) is 19.5 Å². The second-order valence-corrected chi connectivity index (χ2v) is 4.40. The van der Waals surface area contributed by atoms with E-state index in [-0.39, 0.29) is 0 Å². The van der Waals surface area contributed by atoms with Crippen molar-refractivity contribution in [3.8, 4) is 0 Å². The Hall–Kier alpha value is -1.39. The standard InChI is InChI=1S/C13H17NO3/c1-10-9-17-6-5-14(10)8-11-3-2-4-12(7-11)13(15)16/h2-4,7,10H,5-6,8-9H2,1H3,(H,15,16). The highest BCUT2D eigenvalue weighted by Crippen LogP contribution is 2.13. The van der Waals surface area contributed by atoms with Crippen LogP contribution in [0.5, 0.6) is 0 Å². The van der Waals surface area contributed by atoms with Gasteiger partial charge in [0, 0.05) is 19.1 Å². The van der Waals surface area contributed by atoms with Crippen LogP contribution in [0.1, 0.15) is 22.8 Å². The third-order valence-electron chi connectivity index (χ3n) is 3.06. The topological polar surface area (TPSA) is 49.8 Å². The number of carboxylic acids is 1. The predicted molar refractivity (Wildman–Crippen MR) is 64.1 cm³/mol. The maximum absolute atomic E-state index is 10.9. The van der Waals surface area contributed by atoms with E-state index < -0.39 is 5.97 Å². The first-order chi connectivity index (χ1) is 8.16. The summed E-state index contributed by atoms with van der Waals surface area (Å²) in [6, 6.07) is 7.51. The fraction of sp³-hybridized carbons (Fsp3) is 0.462. The van der Waals surface area contributed by atoms with E-state index in [4.69, 9.17) is 9.84 Å². The second kappa shape index (κ2) is 5.29. The van der Waals surface area contributed by atoms with Crippen LogP contribution in [0.2, 0.25) is 0 Å². The van der Waals surface area contributed by atoms with E-state index in [1.54, 1.807) is 18.2 Å². The lowest BCUT2D eigenvalue weighted by Gasteiger charge is -2.33. The van der Waals surface area contributed by atoms with Gasteiger partial charge in [-0.1, -0.05) is 12.1 Å². The summed E-state index contributed by atoms with van der Waals surface area (Å²) in [5, 5.41) is 8.93. The van der Waals surface area contributed by atoms with Gasteiger partial charge in [0.2, 0.25) is 0 Å². The monoisotopic (exact) mass is 235 g/mol. The fourth-order valence-corrected chi connectivity index (χ4v) is 2.03. The number of carboxylic acid groups (broad SMARTS) is 1. The number of benzene rings is 1. The summed E-state index contributed by atoms with van der Waals surface area (Å²) in [7, 11) is 0. The van der Waals surface area contributed by atoms with Gasteiger partial charge in [-0.05, 0) is 24.6 Å². The van der Waals surface area contributed by atoms with Crippen LogP contribution in [0.25, 0.3) is 0 Å². The Morgan fingerprint density at radius 3 is 3.12 bits per heavy atom. The number of nitrogens with zero attached hydrogens (tertiary/aromatic N) is 1. The van der Waals surface area contributed by atoms with Gasteiger partial charge in [-0.3, -0.25) is 4.90 Å². The molecular weight excluding hydrogens is 218 g/mol. The fourth-order valence-electron chi connectivity index (χ4n) is 2.03. The van der Waals surface area contributed by atoms with E-state index in [0.29, 0.717) is 11.6 Å². The van der Waals surface area contributed by atoms with Crippen LogP contribution >= 0.6 is 0 Å². The molecule has 4 nitrogen and oxygen atoms in total. The number of rotatable bonds is 3. The van der Waals surface area contributed by atoms with Crippen molar-refractivity contribution in [3.05, 3.63) is 35.4 Å². The number of carbonyl (C=O) groups is 1. The van der Waals surface area contributed by atoms with Crippen molar-refractivity contribution in [2.24, 2.45) is 0 Å². The Morgan fingerprint density at radius 2 is 2.41 bits per heavy atom. The summed E-state index contributed by atoms with van der Waals surface area (Å²) >= 11 is 0. The third kappa shape index (κ3) is 3.05. The van der Waals surface area contributed by atoms with Gasteiger partial charge in [-0.15, -0.1) is 0 Å². The van der Waals surface area contributed by atoms with E-state index in [9.17, 15) is 4.79 Å². The molecule has 1 aromatic carbocycles. The molecule has 4 heteroatoms. The molecule has 0 aromatic heterocycles. The lowest BCUT2D eigenvalue weighted by molar-refractivity contribution is -0.00438. The largest absolute Gasteiger partial charge is 0.478 e. The smallest absolute Gasteiger partial charge is 0.335 e. The van der Waals surface area contributed by atoms with E-state index in [0.717, 1.165) is 31.9 Å². The Balaban J connectivity index is 2.07. The molecule has 2 rings (SSSR count). The SMILES string of the molecule is CC1COCCN1Cc1cccc(C(=O)O)c1. The van der Waals surface area contributed by atoms with Crippen LogP contribution < -0.4 is 0 Å². The summed E-state index contributed by atoms with van der Waals surface area (Å²) < 4.78 is 5.38. The van der Waals surface area contributed by atoms with Crippen molar-refractivity contribution in [2.75, 3.05) is 19.8 Å². The van der Waals surface area contributed by atoms with Gasteiger partial charge in [0.1, 0.15) is 0 Å². The molecule has 1 fully saturated rings. The molecule has 92 valence electrons. The molecule has 0 spiro atoms. The van der Waals surface area contributed by atoms with Crippen LogP contribution in [-0.4, -0.2) is 41.8 Å². The van der Waals surface area contributed by atoms with Gasteiger partial charge < -0.3 is 9.84 Å². The van der Waals surface area contributed by atoms with Crippen LogP contribution in [0.3, 0.4) is 0 Å². The second-order valence-electron chi connectivity index (χ2n) is 4.40. The highest BCUT2D eigenvalue weighted by atomic mass is 16.5. The van der Waals surface area contributed by atoms with Gasteiger partial charge in [-0.25, -0.2) is 4.79 Å². The molecule has 0 bridgehead atoms. The van der Waals surface area contributed by atoms with Crippen molar-refractivity contribution in [1.82, 2.24) is 4.90 Å². The lowest BCUT2D eigenvalue weighted by Crippen LogP contribution is -2.42. The molecule has 0 radical (unpaired) electrons. The zero-order valence-corrected chi connectivity index (χ0v) is 9.93. The van der Waals surface area contributed by atoms with Crippen molar-refractivity contribution in [3.63, 3.8) is 0 Å². The summed E-state index contributed by atoms with van der Waals surface area (Å²) in [6.07, 6.45) is 0. The molecule has 1 atom stereocenters. The van der Waals surface area contributed by atoms with Crippen molar-refractivity contribution < 1.29 is 14.6 Å². The molecule has 1 unspecified atom stereocenters. The summed E-state index contributed by atoms with van der Waals surface area (Å²) in [5.41, 5.74) is 1.39. The Kier molecular flexibility index (Phi) is 3.76. The minimum absolute atomic E-state index is 0.350. The average molecular weight is 235 g/mol. The molecule has 1 aromatic rings. The molecular formula is C13H17NO3. The molecule has 1 heterocycles. The zero-order chi connectivity index (χ0) is 12.3. The van der Waals surface area contributed by atoms with Crippen molar-refractivity contribution >= 4 is 5.97 Å². The maximum Gasteiger partial charge on any atom is 0.335 e. The molecule has 0 saturated carbocycles. The molecule has 1 aliphatic heterocycles.